The van der Waals surface area contributed by atoms with Crippen LogP contribution in [0.1, 0.15) is 32.4 Å². The first kappa shape index (κ1) is 15.8. The smallest absolute Gasteiger partial charge is 0.412 e. The van der Waals surface area contributed by atoms with Crippen LogP contribution in [0.2, 0.25) is 5.02 Å². The van der Waals surface area contributed by atoms with Gasteiger partial charge in [-0.1, -0.05) is 17.7 Å². The summed E-state index contributed by atoms with van der Waals surface area (Å²) in [6, 6.07) is 4.59. The van der Waals surface area contributed by atoms with Crippen LogP contribution in [0.15, 0.2) is 18.2 Å². The summed E-state index contributed by atoms with van der Waals surface area (Å²) in [6.45, 7) is 4.78. The molecule has 0 saturated heterocycles. The monoisotopic (exact) mass is 287 g/mol. The van der Waals surface area contributed by atoms with Gasteiger partial charge in [-0.25, -0.2) is 4.79 Å². The van der Waals surface area contributed by atoms with Crippen LogP contribution in [-0.4, -0.2) is 28.5 Å². The first-order valence-corrected chi connectivity index (χ1v) is 6.19. The summed E-state index contributed by atoms with van der Waals surface area (Å²) in [6.07, 6.45) is -1.75. The molecule has 1 amide bonds. The van der Waals surface area contributed by atoms with Gasteiger partial charge in [0.05, 0.1) is 12.3 Å². The number of halogens is 1. The van der Waals surface area contributed by atoms with E-state index in [1.807, 2.05) is 0 Å². The summed E-state index contributed by atoms with van der Waals surface area (Å²) in [4.78, 5) is 11.7. The van der Waals surface area contributed by atoms with E-state index in [2.05, 4.69) is 5.32 Å². The molecule has 0 aromatic heterocycles. The molecule has 1 atom stereocenters. The van der Waals surface area contributed by atoms with Crippen molar-refractivity contribution in [3.63, 3.8) is 0 Å². The van der Waals surface area contributed by atoms with E-state index in [0.717, 1.165) is 0 Å². The first-order valence-electron chi connectivity index (χ1n) is 5.81. The summed E-state index contributed by atoms with van der Waals surface area (Å²) in [5, 5.41) is 21.5. The SMILES string of the molecule is CC(C)(C)OC(=O)Nc1cc(Cl)ccc1C(O)CO. The van der Waals surface area contributed by atoms with Crippen LogP contribution in [0, 0.1) is 0 Å². The van der Waals surface area contributed by atoms with Gasteiger partial charge in [0.1, 0.15) is 11.7 Å². The zero-order valence-electron chi connectivity index (χ0n) is 11.1. The van der Waals surface area contributed by atoms with Gasteiger partial charge in [0.25, 0.3) is 0 Å². The maximum absolute atomic E-state index is 11.7. The molecule has 19 heavy (non-hydrogen) atoms. The molecule has 0 saturated carbocycles. The highest BCUT2D eigenvalue weighted by Gasteiger charge is 2.19. The van der Waals surface area contributed by atoms with E-state index in [0.29, 0.717) is 16.3 Å². The minimum absolute atomic E-state index is 0.309. The van der Waals surface area contributed by atoms with Crippen molar-refractivity contribution in [3.8, 4) is 0 Å². The van der Waals surface area contributed by atoms with E-state index in [-0.39, 0.29) is 0 Å². The predicted octanol–water partition coefficient (Wildman–Crippen LogP) is 2.71. The molecule has 0 aliphatic carbocycles. The molecule has 1 aromatic carbocycles. The van der Waals surface area contributed by atoms with E-state index in [9.17, 15) is 9.90 Å². The van der Waals surface area contributed by atoms with Crippen LogP contribution in [0.4, 0.5) is 10.5 Å². The fourth-order valence-corrected chi connectivity index (χ4v) is 1.61. The first-order chi connectivity index (χ1) is 8.73. The molecule has 1 aromatic rings. The van der Waals surface area contributed by atoms with Gasteiger partial charge in [0.15, 0.2) is 0 Å². The highest BCUT2D eigenvalue weighted by molar-refractivity contribution is 6.31. The Balaban J connectivity index is 2.93. The second kappa shape index (κ2) is 6.23. The van der Waals surface area contributed by atoms with E-state index in [1.165, 1.54) is 12.1 Å². The van der Waals surface area contributed by atoms with Gasteiger partial charge in [-0.2, -0.15) is 0 Å². The fourth-order valence-electron chi connectivity index (χ4n) is 1.44. The lowest BCUT2D eigenvalue weighted by molar-refractivity contribution is 0.0634. The molecule has 1 unspecified atom stereocenters. The number of hydrogen-bond donors (Lipinski definition) is 3. The number of anilines is 1. The molecular formula is C13H18ClNO4. The van der Waals surface area contributed by atoms with Crippen LogP contribution < -0.4 is 5.32 Å². The number of aliphatic hydroxyl groups excluding tert-OH is 2. The lowest BCUT2D eigenvalue weighted by Crippen LogP contribution is -2.27. The number of carbonyl (C=O) groups is 1. The third-order valence-corrected chi connectivity index (χ3v) is 2.42. The average molecular weight is 288 g/mol. The zero-order chi connectivity index (χ0) is 14.6. The minimum Gasteiger partial charge on any atom is -0.444 e. The number of benzene rings is 1. The largest absolute Gasteiger partial charge is 0.444 e. The molecule has 0 radical (unpaired) electrons. The maximum Gasteiger partial charge on any atom is 0.412 e. The van der Waals surface area contributed by atoms with Crippen molar-refractivity contribution in [2.75, 3.05) is 11.9 Å². The normalized spacial score (nSPS) is 12.9. The fraction of sp³-hybridized carbons (Fsp3) is 0.462. The van der Waals surface area contributed by atoms with Gasteiger partial charge in [0, 0.05) is 10.6 Å². The number of nitrogens with one attached hydrogen (secondary N) is 1. The van der Waals surface area contributed by atoms with Crippen molar-refractivity contribution in [1.29, 1.82) is 0 Å². The maximum atomic E-state index is 11.7. The van der Waals surface area contributed by atoms with Crippen molar-refractivity contribution < 1.29 is 19.7 Å². The molecule has 6 heteroatoms. The third-order valence-electron chi connectivity index (χ3n) is 2.18. The van der Waals surface area contributed by atoms with E-state index in [4.69, 9.17) is 21.4 Å². The summed E-state index contributed by atoms with van der Waals surface area (Å²) in [5.74, 6) is 0. The zero-order valence-corrected chi connectivity index (χ0v) is 11.9. The van der Waals surface area contributed by atoms with E-state index < -0.39 is 24.4 Å². The number of carbonyl (C=O) groups excluding carboxylic acids is 1. The summed E-state index contributed by atoms with van der Waals surface area (Å²) in [5.41, 5.74) is 0.0550. The molecule has 3 N–H and O–H groups in total. The Morgan fingerprint density at radius 3 is 2.63 bits per heavy atom. The van der Waals surface area contributed by atoms with Crippen LogP contribution in [0.25, 0.3) is 0 Å². The second-order valence-electron chi connectivity index (χ2n) is 5.06. The predicted molar refractivity (Wildman–Crippen MR) is 73.4 cm³/mol. The molecular weight excluding hydrogens is 270 g/mol. The molecule has 0 heterocycles. The van der Waals surface area contributed by atoms with Gasteiger partial charge < -0.3 is 14.9 Å². The Morgan fingerprint density at radius 2 is 2.11 bits per heavy atom. The second-order valence-corrected chi connectivity index (χ2v) is 5.49. The molecule has 0 spiro atoms. The summed E-state index contributed by atoms with van der Waals surface area (Å²) in [7, 11) is 0. The minimum atomic E-state index is -1.10. The highest BCUT2D eigenvalue weighted by Crippen LogP contribution is 2.27. The van der Waals surface area contributed by atoms with Crippen molar-refractivity contribution >= 4 is 23.4 Å². The lowest BCUT2D eigenvalue weighted by Gasteiger charge is -2.21. The number of rotatable bonds is 3. The molecule has 106 valence electrons. The summed E-state index contributed by atoms with van der Waals surface area (Å²) < 4.78 is 5.11. The van der Waals surface area contributed by atoms with Crippen LogP contribution in [0.3, 0.4) is 0 Å². The Morgan fingerprint density at radius 1 is 1.47 bits per heavy atom. The van der Waals surface area contributed by atoms with Crippen LogP contribution in [0.5, 0.6) is 0 Å². The number of amides is 1. The molecule has 0 aliphatic rings. The molecule has 0 aliphatic heterocycles. The Hall–Kier alpha value is -1.30. The van der Waals surface area contributed by atoms with Crippen molar-refractivity contribution in [1.82, 2.24) is 0 Å². The molecule has 5 nitrogen and oxygen atoms in total. The lowest BCUT2D eigenvalue weighted by atomic mass is 10.1. The summed E-state index contributed by atoms with van der Waals surface area (Å²) >= 11 is 5.84. The van der Waals surface area contributed by atoms with Gasteiger partial charge in [-0.05, 0) is 32.9 Å². The van der Waals surface area contributed by atoms with Gasteiger partial charge in [0.2, 0.25) is 0 Å². The number of aliphatic hydroxyl groups is 2. The quantitative estimate of drug-likeness (QED) is 0.799. The van der Waals surface area contributed by atoms with E-state index >= 15 is 0 Å². The van der Waals surface area contributed by atoms with Gasteiger partial charge >= 0.3 is 6.09 Å². The number of ether oxygens (including phenoxy) is 1. The van der Waals surface area contributed by atoms with Gasteiger partial charge in [-0.15, -0.1) is 0 Å². The van der Waals surface area contributed by atoms with Gasteiger partial charge in [-0.3, -0.25) is 5.32 Å². The third kappa shape index (κ3) is 5.06. The van der Waals surface area contributed by atoms with Crippen molar-refractivity contribution in [3.05, 3.63) is 28.8 Å². The number of hydrogen-bond acceptors (Lipinski definition) is 4. The molecule has 0 bridgehead atoms. The Bertz CT molecular complexity index is 456. The van der Waals surface area contributed by atoms with E-state index in [1.54, 1.807) is 26.8 Å². The molecule has 1 rings (SSSR count). The standard InChI is InChI=1S/C13H18ClNO4/c1-13(2,3)19-12(18)15-10-6-8(14)4-5-9(10)11(17)7-16/h4-6,11,16-17H,7H2,1-3H3,(H,15,18). The Labute approximate surface area is 117 Å². The molecule has 0 fully saturated rings. The van der Waals surface area contributed by atoms with Crippen molar-refractivity contribution in [2.24, 2.45) is 0 Å². The highest BCUT2D eigenvalue weighted by atomic mass is 35.5. The van der Waals surface area contributed by atoms with Crippen LogP contribution >= 0.6 is 11.6 Å². The average Bonchev–Trinajstić information content (AvgIpc) is 2.25. The van der Waals surface area contributed by atoms with Crippen LogP contribution in [-0.2, 0) is 4.74 Å². The Kier molecular flexibility index (Phi) is 5.17. The van der Waals surface area contributed by atoms with Crippen molar-refractivity contribution in [2.45, 2.75) is 32.5 Å². The topological polar surface area (TPSA) is 78.8 Å².